The number of fused-ring (bicyclic) bond motifs is 3. The van der Waals surface area contributed by atoms with Gasteiger partial charge in [0.25, 0.3) is 0 Å². The first-order valence-electron chi connectivity index (χ1n) is 6.02. The SMILES string of the molecule is CC(=O)OCc1nc2c(o1)-c1ccccc1C(O)C2=O. The number of ketones is 1. The molecule has 0 bridgehead atoms. The van der Waals surface area contributed by atoms with Crippen LogP contribution < -0.4 is 0 Å². The molecule has 1 unspecified atom stereocenters. The van der Waals surface area contributed by atoms with E-state index in [-0.39, 0.29) is 18.2 Å². The van der Waals surface area contributed by atoms with E-state index in [1.807, 2.05) is 0 Å². The molecule has 2 aromatic rings. The van der Waals surface area contributed by atoms with Crippen LogP contribution in [-0.4, -0.2) is 21.8 Å². The number of Topliss-reactive ketones (excluding diaryl/α,β-unsaturated/α-hetero) is 1. The molecule has 0 fully saturated rings. The summed E-state index contributed by atoms with van der Waals surface area (Å²) in [5.41, 5.74) is 1.18. The van der Waals surface area contributed by atoms with Gasteiger partial charge in [-0.2, -0.15) is 0 Å². The Hall–Kier alpha value is -2.47. The second-order valence-electron chi connectivity index (χ2n) is 4.42. The molecule has 1 heterocycles. The van der Waals surface area contributed by atoms with Crippen LogP contribution in [-0.2, 0) is 16.1 Å². The summed E-state index contributed by atoms with van der Waals surface area (Å²) in [7, 11) is 0. The topological polar surface area (TPSA) is 89.6 Å². The molecule has 3 rings (SSSR count). The van der Waals surface area contributed by atoms with Gasteiger partial charge in [-0.05, 0) is 5.56 Å². The molecule has 102 valence electrons. The molecule has 1 aliphatic carbocycles. The minimum absolute atomic E-state index is 0.0679. The largest absolute Gasteiger partial charge is 0.456 e. The number of oxazole rings is 1. The molecule has 1 aromatic heterocycles. The first-order valence-corrected chi connectivity index (χ1v) is 6.02. The Morgan fingerprint density at radius 1 is 1.45 bits per heavy atom. The molecule has 6 heteroatoms. The number of esters is 1. The Kier molecular flexibility index (Phi) is 2.87. The molecule has 6 nitrogen and oxygen atoms in total. The van der Waals surface area contributed by atoms with Gasteiger partial charge in [-0.25, -0.2) is 4.98 Å². The van der Waals surface area contributed by atoms with Crippen LogP contribution in [0.4, 0.5) is 0 Å². The van der Waals surface area contributed by atoms with Crippen LogP contribution in [0.15, 0.2) is 28.7 Å². The Balaban J connectivity index is 2.06. The highest BCUT2D eigenvalue weighted by atomic mass is 16.5. The molecule has 1 atom stereocenters. The highest BCUT2D eigenvalue weighted by Gasteiger charge is 2.35. The van der Waals surface area contributed by atoms with Gasteiger partial charge in [0.1, 0.15) is 6.10 Å². The van der Waals surface area contributed by atoms with Crippen molar-refractivity contribution in [3.05, 3.63) is 41.4 Å². The number of nitrogens with zero attached hydrogens (tertiary/aromatic N) is 1. The predicted octanol–water partition coefficient (Wildman–Crippen LogP) is 1.63. The molecule has 0 saturated heterocycles. The summed E-state index contributed by atoms with van der Waals surface area (Å²) in [5.74, 6) is -0.551. The van der Waals surface area contributed by atoms with Gasteiger partial charge >= 0.3 is 5.97 Å². The third kappa shape index (κ3) is 1.90. The minimum Gasteiger partial charge on any atom is -0.456 e. The maximum atomic E-state index is 12.1. The maximum absolute atomic E-state index is 12.1. The molecule has 0 spiro atoms. The molecule has 20 heavy (non-hydrogen) atoms. The van der Waals surface area contributed by atoms with Gasteiger partial charge < -0.3 is 14.3 Å². The van der Waals surface area contributed by atoms with E-state index in [0.717, 1.165) is 0 Å². The minimum atomic E-state index is -1.25. The van der Waals surface area contributed by atoms with Crippen LogP contribution in [0.3, 0.4) is 0 Å². The molecule has 1 aromatic carbocycles. The van der Waals surface area contributed by atoms with Gasteiger partial charge in [0.2, 0.25) is 11.7 Å². The Bertz CT molecular complexity index is 703. The number of carbonyl (C=O) groups excluding carboxylic acids is 2. The van der Waals surface area contributed by atoms with E-state index in [0.29, 0.717) is 16.9 Å². The molecule has 1 aliphatic rings. The predicted molar refractivity (Wildman–Crippen MR) is 66.7 cm³/mol. The number of aliphatic hydroxyl groups is 1. The van der Waals surface area contributed by atoms with E-state index >= 15 is 0 Å². The van der Waals surface area contributed by atoms with E-state index in [1.54, 1.807) is 24.3 Å². The van der Waals surface area contributed by atoms with Crippen molar-refractivity contribution in [3.8, 4) is 11.3 Å². The fourth-order valence-corrected chi connectivity index (χ4v) is 2.15. The maximum Gasteiger partial charge on any atom is 0.303 e. The fourth-order valence-electron chi connectivity index (χ4n) is 2.15. The summed E-state index contributed by atoms with van der Waals surface area (Å²) < 4.78 is 10.3. The Morgan fingerprint density at radius 2 is 2.20 bits per heavy atom. The van der Waals surface area contributed by atoms with Gasteiger partial charge in [0.05, 0.1) is 0 Å². The van der Waals surface area contributed by atoms with Gasteiger partial charge in [-0.1, -0.05) is 24.3 Å². The van der Waals surface area contributed by atoms with Gasteiger partial charge in [-0.15, -0.1) is 0 Å². The molecular weight excluding hydrogens is 262 g/mol. The van der Waals surface area contributed by atoms with Crippen molar-refractivity contribution in [2.45, 2.75) is 19.6 Å². The third-order valence-corrected chi connectivity index (χ3v) is 3.05. The first kappa shape index (κ1) is 12.6. The van der Waals surface area contributed by atoms with Gasteiger partial charge in [0, 0.05) is 12.5 Å². The van der Waals surface area contributed by atoms with E-state index < -0.39 is 17.9 Å². The molecule has 1 N–H and O–H groups in total. The van der Waals surface area contributed by atoms with Crippen LogP contribution in [0.2, 0.25) is 0 Å². The summed E-state index contributed by atoms with van der Waals surface area (Å²) in [5, 5.41) is 9.99. The molecule has 0 saturated carbocycles. The van der Waals surface area contributed by atoms with E-state index in [4.69, 9.17) is 9.15 Å². The number of hydrogen-bond acceptors (Lipinski definition) is 6. The zero-order valence-electron chi connectivity index (χ0n) is 10.6. The highest BCUT2D eigenvalue weighted by Crippen LogP contribution is 2.38. The average molecular weight is 273 g/mol. The third-order valence-electron chi connectivity index (χ3n) is 3.05. The van der Waals surface area contributed by atoms with Crippen molar-refractivity contribution in [3.63, 3.8) is 0 Å². The second kappa shape index (κ2) is 4.57. The van der Waals surface area contributed by atoms with Crippen molar-refractivity contribution in [2.75, 3.05) is 0 Å². The number of hydrogen-bond donors (Lipinski definition) is 1. The molecule has 0 amide bonds. The van der Waals surface area contributed by atoms with Crippen LogP contribution in [0.5, 0.6) is 0 Å². The number of carbonyl (C=O) groups is 2. The second-order valence-corrected chi connectivity index (χ2v) is 4.42. The first-order chi connectivity index (χ1) is 9.58. The quantitative estimate of drug-likeness (QED) is 0.836. The lowest BCUT2D eigenvalue weighted by molar-refractivity contribution is -0.142. The number of ether oxygens (including phenoxy) is 1. The Morgan fingerprint density at radius 3 is 2.95 bits per heavy atom. The zero-order valence-corrected chi connectivity index (χ0v) is 10.6. The van der Waals surface area contributed by atoms with Crippen LogP contribution in [0.1, 0.15) is 35.0 Å². The van der Waals surface area contributed by atoms with E-state index in [1.165, 1.54) is 6.92 Å². The smallest absolute Gasteiger partial charge is 0.303 e. The average Bonchev–Trinajstić information content (AvgIpc) is 2.87. The zero-order chi connectivity index (χ0) is 14.3. The lowest BCUT2D eigenvalue weighted by Crippen LogP contribution is -2.18. The summed E-state index contributed by atoms with van der Waals surface area (Å²) in [6, 6.07) is 6.91. The normalized spacial score (nSPS) is 16.5. The molecule has 0 radical (unpaired) electrons. The molecule has 0 aliphatic heterocycles. The van der Waals surface area contributed by atoms with Crippen LogP contribution in [0.25, 0.3) is 11.3 Å². The summed E-state index contributed by atoms with van der Waals surface area (Å²) in [6.45, 7) is 1.13. The lowest BCUT2D eigenvalue weighted by atomic mass is 9.90. The summed E-state index contributed by atoms with van der Waals surface area (Å²) in [6.07, 6.45) is -1.25. The van der Waals surface area contributed by atoms with Crippen molar-refractivity contribution >= 4 is 11.8 Å². The van der Waals surface area contributed by atoms with Gasteiger partial charge in [0.15, 0.2) is 18.1 Å². The van der Waals surface area contributed by atoms with E-state index in [9.17, 15) is 14.7 Å². The number of benzene rings is 1. The number of rotatable bonds is 2. The monoisotopic (exact) mass is 273 g/mol. The standard InChI is InChI=1S/C14H11NO5/c1-7(16)19-6-10-15-11-13(18)12(17)8-4-2-3-5-9(8)14(11)20-10/h2-5,12,17H,6H2,1H3. The summed E-state index contributed by atoms with van der Waals surface area (Å²) in [4.78, 5) is 26.8. The number of aliphatic hydroxyl groups excluding tert-OH is 1. The van der Waals surface area contributed by atoms with Crippen molar-refractivity contribution in [1.29, 1.82) is 0 Å². The van der Waals surface area contributed by atoms with Crippen LogP contribution >= 0.6 is 0 Å². The van der Waals surface area contributed by atoms with Crippen molar-refractivity contribution in [2.24, 2.45) is 0 Å². The van der Waals surface area contributed by atoms with Gasteiger partial charge in [-0.3, -0.25) is 9.59 Å². The van der Waals surface area contributed by atoms with Crippen molar-refractivity contribution in [1.82, 2.24) is 4.98 Å². The van der Waals surface area contributed by atoms with Crippen molar-refractivity contribution < 1.29 is 23.8 Å². The molecular formula is C14H11NO5. The Labute approximate surface area is 114 Å². The lowest BCUT2D eigenvalue weighted by Gasteiger charge is -2.17. The van der Waals surface area contributed by atoms with Crippen LogP contribution in [0, 0.1) is 0 Å². The van der Waals surface area contributed by atoms with E-state index in [2.05, 4.69) is 4.98 Å². The fraction of sp³-hybridized carbons (Fsp3) is 0.214. The number of aromatic nitrogens is 1. The highest BCUT2D eigenvalue weighted by molar-refractivity contribution is 6.06. The summed E-state index contributed by atoms with van der Waals surface area (Å²) >= 11 is 0.